The first-order chi connectivity index (χ1) is 5.22. The van der Waals surface area contributed by atoms with Crippen LogP contribution in [0.1, 0.15) is 26.7 Å². The molecule has 0 aliphatic heterocycles. The van der Waals surface area contributed by atoms with Gasteiger partial charge < -0.3 is 4.90 Å². The molecule has 1 nitrogen and oxygen atoms in total. The van der Waals surface area contributed by atoms with E-state index in [1.165, 1.54) is 23.6 Å². The standard InChI is InChI=1S/C9H19NS/c1-5-7-8-11-9(3)10(4)6-2/h3,5-8H2,1-2,4H3. The average Bonchev–Trinajstić information content (AvgIpc) is 2.03. The van der Waals surface area contributed by atoms with Crippen molar-refractivity contribution >= 4 is 11.8 Å². The van der Waals surface area contributed by atoms with E-state index < -0.39 is 0 Å². The molecular weight excluding hydrogens is 154 g/mol. The van der Waals surface area contributed by atoms with Crippen LogP contribution in [-0.2, 0) is 0 Å². The van der Waals surface area contributed by atoms with Crippen LogP contribution in [0.4, 0.5) is 0 Å². The van der Waals surface area contributed by atoms with Crippen LogP contribution in [-0.4, -0.2) is 24.2 Å². The van der Waals surface area contributed by atoms with Crippen LogP contribution >= 0.6 is 11.8 Å². The van der Waals surface area contributed by atoms with Gasteiger partial charge in [0.1, 0.15) is 0 Å². The van der Waals surface area contributed by atoms with Gasteiger partial charge in [-0.3, -0.25) is 0 Å². The van der Waals surface area contributed by atoms with Gasteiger partial charge in [-0.25, -0.2) is 0 Å². The Morgan fingerprint density at radius 2 is 2.09 bits per heavy atom. The highest BCUT2D eigenvalue weighted by atomic mass is 32.2. The Bertz CT molecular complexity index is 112. The van der Waals surface area contributed by atoms with Crippen molar-refractivity contribution in [2.75, 3.05) is 19.3 Å². The molecule has 0 saturated heterocycles. The second-order valence-corrected chi connectivity index (χ2v) is 3.78. The van der Waals surface area contributed by atoms with Gasteiger partial charge in [0.2, 0.25) is 0 Å². The molecule has 0 amide bonds. The van der Waals surface area contributed by atoms with Crippen LogP contribution in [0.3, 0.4) is 0 Å². The summed E-state index contributed by atoms with van der Waals surface area (Å²) in [7, 11) is 2.08. The van der Waals surface area contributed by atoms with Crippen molar-refractivity contribution in [3.05, 3.63) is 11.6 Å². The summed E-state index contributed by atoms with van der Waals surface area (Å²) in [5.41, 5.74) is 0. The molecule has 11 heavy (non-hydrogen) atoms. The third-order valence-corrected chi connectivity index (χ3v) is 2.80. The maximum Gasteiger partial charge on any atom is 0.0631 e. The maximum absolute atomic E-state index is 3.99. The second-order valence-electron chi connectivity index (χ2n) is 2.61. The van der Waals surface area contributed by atoms with Gasteiger partial charge in [-0.05, 0) is 19.1 Å². The van der Waals surface area contributed by atoms with E-state index in [0.29, 0.717) is 0 Å². The molecule has 0 rings (SSSR count). The number of hydrogen-bond acceptors (Lipinski definition) is 2. The Labute approximate surface area is 74.9 Å². The van der Waals surface area contributed by atoms with Crippen molar-refractivity contribution in [2.45, 2.75) is 26.7 Å². The van der Waals surface area contributed by atoms with E-state index in [0.717, 1.165) is 6.54 Å². The molecule has 0 aliphatic rings. The van der Waals surface area contributed by atoms with Crippen molar-refractivity contribution in [1.29, 1.82) is 0 Å². The molecule has 0 spiro atoms. The summed E-state index contributed by atoms with van der Waals surface area (Å²) < 4.78 is 0. The van der Waals surface area contributed by atoms with E-state index >= 15 is 0 Å². The van der Waals surface area contributed by atoms with Crippen LogP contribution in [0.25, 0.3) is 0 Å². The summed E-state index contributed by atoms with van der Waals surface area (Å²) in [5.74, 6) is 1.21. The lowest BCUT2D eigenvalue weighted by Gasteiger charge is -2.18. The predicted molar refractivity (Wildman–Crippen MR) is 54.8 cm³/mol. The van der Waals surface area contributed by atoms with Crippen LogP contribution < -0.4 is 0 Å². The number of hydrogen-bond donors (Lipinski definition) is 0. The van der Waals surface area contributed by atoms with Crippen LogP contribution in [0, 0.1) is 0 Å². The van der Waals surface area contributed by atoms with E-state index in [1.54, 1.807) is 0 Å². The number of rotatable bonds is 6. The molecular formula is C9H19NS. The Hall–Kier alpha value is -0.110. The first-order valence-corrected chi connectivity index (χ1v) is 5.23. The number of unbranched alkanes of at least 4 members (excludes halogenated alkanes) is 1. The Morgan fingerprint density at radius 3 is 2.55 bits per heavy atom. The molecule has 0 saturated carbocycles. The van der Waals surface area contributed by atoms with Gasteiger partial charge in [-0.2, -0.15) is 0 Å². The number of thioether (sulfide) groups is 1. The molecule has 0 aliphatic carbocycles. The van der Waals surface area contributed by atoms with E-state index in [2.05, 4.69) is 32.4 Å². The molecule has 0 heterocycles. The van der Waals surface area contributed by atoms with Gasteiger partial charge in [0.15, 0.2) is 0 Å². The summed E-state index contributed by atoms with van der Waals surface area (Å²) in [6.45, 7) is 9.40. The lowest BCUT2D eigenvalue weighted by atomic mass is 10.4. The molecule has 0 aromatic carbocycles. The fraction of sp³-hybridized carbons (Fsp3) is 0.778. The predicted octanol–water partition coefficient (Wildman–Crippen LogP) is 2.94. The average molecular weight is 173 g/mol. The van der Waals surface area contributed by atoms with E-state index in [4.69, 9.17) is 0 Å². The molecule has 0 bridgehead atoms. The van der Waals surface area contributed by atoms with Crippen molar-refractivity contribution in [1.82, 2.24) is 4.90 Å². The zero-order valence-electron chi connectivity index (χ0n) is 7.89. The molecule has 0 atom stereocenters. The minimum atomic E-state index is 1.05. The third kappa shape index (κ3) is 5.19. The molecule has 0 unspecified atom stereocenters. The monoisotopic (exact) mass is 173 g/mol. The highest BCUT2D eigenvalue weighted by Gasteiger charge is 1.98. The van der Waals surface area contributed by atoms with E-state index in [-0.39, 0.29) is 0 Å². The second kappa shape index (κ2) is 6.59. The normalized spacial score (nSPS) is 9.73. The van der Waals surface area contributed by atoms with Crippen molar-refractivity contribution < 1.29 is 0 Å². The van der Waals surface area contributed by atoms with Crippen LogP contribution in [0.2, 0.25) is 0 Å². The quantitative estimate of drug-likeness (QED) is 0.568. The van der Waals surface area contributed by atoms with Gasteiger partial charge in [-0.15, -0.1) is 11.8 Å². The summed E-state index contributed by atoms with van der Waals surface area (Å²) in [6, 6.07) is 0. The third-order valence-electron chi connectivity index (χ3n) is 1.67. The minimum Gasteiger partial charge on any atom is -0.370 e. The molecule has 2 heteroatoms. The SMILES string of the molecule is C=C(SCCCC)N(C)CC. The lowest BCUT2D eigenvalue weighted by Crippen LogP contribution is -2.14. The van der Waals surface area contributed by atoms with Crippen molar-refractivity contribution in [3.8, 4) is 0 Å². The van der Waals surface area contributed by atoms with Gasteiger partial charge in [0.05, 0.1) is 5.03 Å². The van der Waals surface area contributed by atoms with Crippen molar-refractivity contribution in [3.63, 3.8) is 0 Å². The molecule has 0 fully saturated rings. The first-order valence-electron chi connectivity index (χ1n) is 4.25. The van der Waals surface area contributed by atoms with Crippen LogP contribution in [0.15, 0.2) is 11.6 Å². The molecule has 0 N–H and O–H groups in total. The molecule has 0 aromatic rings. The zero-order chi connectivity index (χ0) is 8.69. The smallest absolute Gasteiger partial charge is 0.0631 e. The largest absolute Gasteiger partial charge is 0.370 e. The fourth-order valence-corrected chi connectivity index (χ4v) is 1.64. The molecule has 66 valence electrons. The summed E-state index contributed by atoms with van der Waals surface area (Å²) in [4.78, 5) is 2.18. The maximum atomic E-state index is 3.99. The molecule has 0 aromatic heterocycles. The Kier molecular flexibility index (Phi) is 6.52. The topological polar surface area (TPSA) is 3.24 Å². The zero-order valence-corrected chi connectivity index (χ0v) is 8.71. The Morgan fingerprint density at radius 1 is 1.45 bits per heavy atom. The summed E-state index contributed by atoms with van der Waals surface area (Å²) in [5, 5.41) is 1.20. The van der Waals surface area contributed by atoms with Gasteiger partial charge in [0, 0.05) is 13.6 Å². The molecule has 0 radical (unpaired) electrons. The number of nitrogens with zero attached hydrogens (tertiary/aromatic N) is 1. The highest BCUT2D eigenvalue weighted by molar-refractivity contribution is 8.02. The Balaban J connectivity index is 3.36. The highest BCUT2D eigenvalue weighted by Crippen LogP contribution is 2.17. The van der Waals surface area contributed by atoms with Crippen molar-refractivity contribution in [2.24, 2.45) is 0 Å². The van der Waals surface area contributed by atoms with Gasteiger partial charge in [-0.1, -0.05) is 19.9 Å². The van der Waals surface area contributed by atoms with Crippen LogP contribution in [0.5, 0.6) is 0 Å². The summed E-state index contributed by atoms with van der Waals surface area (Å²) >= 11 is 1.87. The summed E-state index contributed by atoms with van der Waals surface area (Å²) in [6.07, 6.45) is 2.57. The van der Waals surface area contributed by atoms with Gasteiger partial charge in [0.25, 0.3) is 0 Å². The fourth-order valence-electron chi connectivity index (χ4n) is 0.621. The lowest BCUT2D eigenvalue weighted by molar-refractivity contribution is 0.474. The van der Waals surface area contributed by atoms with Gasteiger partial charge >= 0.3 is 0 Å². The van der Waals surface area contributed by atoms with E-state index in [1.807, 2.05) is 11.8 Å². The van der Waals surface area contributed by atoms with E-state index in [9.17, 15) is 0 Å². The minimum absolute atomic E-state index is 1.05. The first kappa shape index (κ1) is 10.9.